The number of hydrogen-bond donors (Lipinski definition) is 1. The van der Waals surface area contributed by atoms with Crippen molar-refractivity contribution in [3.8, 4) is 5.75 Å². The molecule has 1 N–H and O–H groups in total. The van der Waals surface area contributed by atoms with E-state index in [1.54, 1.807) is 43.5 Å². The highest BCUT2D eigenvalue weighted by Gasteiger charge is 2.49. The Morgan fingerprint density at radius 2 is 1.61 bits per heavy atom. The maximum atomic E-state index is 13.1. The second-order valence-corrected chi connectivity index (χ2v) is 7.20. The summed E-state index contributed by atoms with van der Waals surface area (Å²) in [6.07, 6.45) is -0.150. The van der Waals surface area contributed by atoms with E-state index in [0.29, 0.717) is 23.4 Å². The highest BCUT2D eigenvalue weighted by atomic mass is 16.6. The minimum absolute atomic E-state index is 0.150. The molecule has 0 saturated carbocycles. The molecule has 0 spiro atoms. The van der Waals surface area contributed by atoms with Gasteiger partial charge in [0, 0.05) is 12.1 Å². The normalized spacial score (nSPS) is 17.6. The van der Waals surface area contributed by atoms with Crippen LogP contribution in [0.25, 0.3) is 0 Å². The van der Waals surface area contributed by atoms with Gasteiger partial charge < -0.3 is 14.8 Å². The lowest BCUT2D eigenvalue weighted by Crippen LogP contribution is -2.38. The first-order valence-corrected chi connectivity index (χ1v) is 9.93. The number of carbonyl (C=O) groups excluding carboxylic acids is 2. The van der Waals surface area contributed by atoms with Crippen molar-refractivity contribution in [3.63, 3.8) is 0 Å². The first kappa shape index (κ1) is 20.3. The lowest BCUT2D eigenvalue weighted by Gasteiger charge is -2.22. The largest absolute Gasteiger partial charge is 0.497 e. The number of esters is 1. The van der Waals surface area contributed by atoms with Gasteiger partial charge in [0.15, 0.2) is 5.54 Å². The van der Waals surface area contributed by atoms with Crippen LogP contribution in [0.3, 0.4) is 0 Å². The molecule has 1 atom stereocenters. The third-order valence-corrected chi connectivity index (χ3v) is 5.16. The number of ether oxygens (including phenoxy) is 2. The molecule has 1 aliphatic rings. The van der Waals surface area contributed by atoms with E-state index in [4.69, 9.17) is 9.47 Å². The molecule has 3 aromatic carbocycles. The summed E-state index contributed by atoms with van der Waals surface area (Å²) < 4.78 is 10.7. The zero-order chi connectivity index (χ0) is 21.7. The van der Waals surface area contributed by atoms with Crippen LogP contribution >= 0.6 is 0 Å². The van der Waals surface area contributed by atoms with E-state index in [2.05, 4.69) is 10.3 Å². The van der Waals surface area contributed by atoms with Gasteiger partial charge in [-0.1, -0.05) is 60.7 Å². The monoisotopic (exact) mass is 414 g/mol. The van der Waals surface area contributed by atoms with E-state index in [9.17, 15) is 9.59 Å². The van der Waals surface area contributed by atoms with Gasteiger partial charge in [-0.05, 0) is 35.4 Å². The molecule has 0 saturated heterocycles. The Hall–Kier alpha value is -3.93. The number of amides is 1. The summed E-state index contributed by atoms with van der Waals surface area (Å²) in [5.41, 5.74) is 0.785. The van der Waals surface area contributed by atoms with Crippen molar-refractivity contribution < 1.29 is 19.1 Å². The fraction of sp³-hybridized carbons (Fsp3) is 0.160. The number of hydrogen-bond acceptors (Lipinski definition) is 5. The van der Waals surface area contributed by atoms with Crippen LogP contribution in [0.4, 0.5) is 0 Å². The van der Waals surface area contributed by atoms with Crippen LogP contribution in [-0.4, -0.2) is 24.9 Å². The Morgan fingerprint density at radius 3 is 2.26 bits per heavy atom. The standard InChI is InChI=1S/C25H22N2O4/c1-30-21-14-12-19(13-15-21)23-27-25(24(29)31-23,20-10-6-3-7-11-20)16-22(28)26-17-18-8-4-2-5-9-18/h2-15H,16-17H2,1H3,(H,26,28). The quantitative estimate of drug-likeness (QED) is 0.600. The molecule has 0 aromatic heterocycles. The lowest BCUT2D eigenvalue weighted by molar-refractivity contribution is -0.142. The van der Waals surface area contributed by atoms with Gasteiger partial charge in [-0.2, -0.15) is 0 Å². The number of aliphatic imine (C=N–C) groups is 1. The highest BCUT2D eigenvalue weighted by molar-refractivity contribution is 6.09. The summed E-state index contributed by atoms with van der Waals surface area (Å²) in [6.45, 7) is 0.370. The predicted molar refractivity (Wildman–Crippen MR) is 117 cm³/mol. The van der Waals surface area contributed by atoms with Crippen molar-refractivity contribution >= 4 is 17.8 Å². The van der Waals surface area contributed by atoms with Crippen molar-refractivity contribution in [2.45, 2.75) is 18.5 Å². The molecule has 1 heterocycles. The van der Waals surface area contributed by atoms with Gasteiger partial charge in [0.2, 0.25) is 11.8 Å². The van der Waals surface area contributed by atoms with Crippen molar-refractivity contribution in [2.24, 2.45) is 4.99 Å². The number of benzene rings is 3. The first-order valence-electron chi connectivity index (χ1n) is 9.93. The van der Waals surface area contributed by atoms with Gasteiger partial charge >= 0.3 is 5.97 Å². The molecule has 1 aliphatic heterocycles. The highest BCUT2D eigenvalue weighted by Crippen LogP contribution is 2.37. The fourth-order valence-corrected chi connectivity index (χ4v) is 3.47. The summed E-state index contributed by atoms with van der Waals surface area (Å²) >= 11 is 0. The molecule has 31 heavy (non-hydrogen) atoms. The van der Waals surface area contributed by atoms with Gasteiger partial charge in [0.1, 0.15) is 5.75 Å². The third-order valence-electron chi connectivity index (χ3n) is 5.16. The van der Waals surface area contributed by atoms with E-state index < -0.39 is 11.5 Å². The molecule has 4 rings (SSSR count). The zero-order valence-corrected chi connectivity index (χ0v) is 17.1. The number of cyclic esters (lactones) is 1. The van der Waals surface area contributed by atoms with Crippen molar-refractivity contribution in [1.82, 2.24) is 5.32 Å². The third kappa shape index (κ3) is 4.33. The van der Waals surface area contributed by atoms with E-state index in [1.165, 1.54) is 0 Å². The lowest BCUT2D eigenvalue weighted by atomic mass is 9.87. The van der Waals surface area contributed by atoms with Crippen molar-refractivity contribution in [1.29, 1.82) is 0 Å². The van der Waals surface area contributed by atoms with E-state index in [-0.39, 0.29) is 18.2 Å². The maximum Gasteiger partial charge on any atom is 0.346 e. The number of nitrogens with one attached hydrogen (secondary N) is 1. The van der Waals surface area contributed by atoms with Crippen LogP contribution < -0.4 is 10.1 Å². The Kier molecular flexibility index (Phi) is 5.80. The van der Waals surface area contributed by atoms with Gasteiger partial charge in [-0.15, -0.1) is 0 Å². The topological polar surface area (TPSA) is 77.0 Å². The molecule has 0 fully saturated rings. The SMILES string of the molecule is COc1ccc(C2=NC(CC(=O)NCc3ccccc3)(c3ccccc3)C(=O)O2)cc1. The summed E-state index contributed by atoms with van der Waals surface area (Å²) in [5, 5.41) is 2.88. The van der Waals surface area contributed by atoms with E-state index in [0.717, 1.165) is 5.56 Å². The van der Waals surface area contributed by atoms with Crippen LogP contribution in [0.5, 0.6) is 5.75 Å². The fourth-order valence-electron chi connectivity index (χ4n) is 3.47. The summed E-state index contributed by atoms with van der Waals surface area (Å²) in [6, 6.07) is 25.7. The second-order valence-electron chi connectivity index (χ2n) is 7.20. The van der Waals surface area contributed by atoms with Gasteiger partial charge in [-0.3, -0.25) is 4.79 Å². The molecule has 1 unspecified atom stereocenters. The number of methoxy groups -OCH3 is 1. The molecule has 6 nitrogen and oxygen atoms in total. The molecule has 6 heteroatoms. The molecular formula is C25H22N2O4. The Labute approximate surface area is 180 Å². The summed E-state index contributed by atoms with van der Waals surface area (Å²) in [7, 11) is 1.58. The van der Waals surface area contributed by atoms with Crippen molar-refractivity contribution in [2.75, 3.05) is 7.11 Å². The predicted octanol–water partition coefficient (Wildman–Crippen LogP) is 3.60. The van der Waals surface area contributed by atoms with E-state index in [1.807, 2.05) is 48.5 Å². The number of nitrogens with zero attached hydrogens (tertiary/aromatic N) is 1. The van der Waals surface area contributed by atoms with Crippen LogP contribution in [0.15, 0.2) is 89.9 Å². The van der Waals surface area contributed by atoms with Crippen LogP contribution in [0.2, 0.25) is 0 Å². The Balaban J connectivity index is 1.62. The molecule has 3 aromatic rings. The van der Waals surface area contributed by atoms with Crippen molar-refractivity contribution in [3.05, 3.63) is 102 Å². The number of rotatable bonds is 7. The molecule has 0 aliphatic carbocycles. The van der Waals surface area contributed by atoms with Gasteiger partial charge in [-0.25, -0.2) is 9.79 Å². The average molecular weight is 414 g/mol. The van der Waals surface area contributed by atoms with Crippen LogP contribution in [0.1, 0.15) is 23.1 Å². The Morgan fingerprint density at radius 1 is 0.968 bits per heavy atom. The van der Waals surface area contributed by atoms with E-state index >= 15 is 0 Å². The molecule has 0 bridgehead atoms. The zero-order valence-electron chi connectivity index (χ0n) is 17.1. The maximum absolute atomic E-state index is 13.1. The van der Waals surface area contributed by atoms with Crippen LogP contribution in [0, 0.1) is 0 Å². The minimum atomic E-state index is -1.43. The smallest absolute Gasteiger partial charge is 0.346 e. The van der Waals surface area contributed by atoms with Gasteiger partial charge in [0.05, 0.1) is 13.5 Å². The number of carbonyl (C=O) groups is 2. The first-order chi connectivity index (χ1) is 15.1. The average Bonchev–Trinajstić information content (AvgIpc) is 3.16. The molecular weight excluding hydrogens is 392 g/mol. The Bertz CT molecular complexity index is 1100. The van der Waals surface area contributed by atoms with Crippen LogP contribution in [-0.2, 0) is 26.4 Å². The molecule has 1 amide bonds. The second kappa shape index (κ2) is 8.83. The minimum Gasteiger partial charge on any atom is -0.497 e. The summed E-state index contributed by atoms with van der Waals surface area (Å²) in [5.74, 6) is 0.0133. The molecule has 156 valence electrons. The summed E-state index contributed by atoms with van der Waals surface area (Å²) in [4.78, 5) is 30.5. The van der Waals surface area contributed by atoms with Gasteiger partial charge in [0.25, 0.3) is 0 Å². The molecule has 0 radical (unpaired) electrons.